The standard InChI is InChI=1S/C31H32FN3O4/c1-2-38-31(37)24-12-7-15-34(20-24)29(36)18-26(23-11-6-13-25(32)17-23)27-19-33-30-28(14-8-16-35(27)30)39-21-22-9-4-3-5-10-22/h3-6,8-11,13-14,16-17,19,24,26H,2,7,12,15,18,20-21H2,1H3. The van der Waals surface area contributed by atoms with Crippen molar-refractivity contribution in [2.24, 2.45) is 5.92 Å². The summed E-state index contributed by atoms with van der Waals surface area (Å²) in [5.74, 6) is -0.881. The van der Waals surface area contributed by atoms with E-state index in [2.05, 4.69) is 4.98 Å². The second-order valence-corrected chi connectivity index (χ2v) is 9.77. The van der Waals surface area contributed by atoms with Crippen molar-refractivity contribution in [1.29, 1.82) is 0 Å². The Labute approximate surface area is 227 Å². The van der Waals surface area contributed by atoms with Gasteiger partial charge in [-0.05, 0) is 55.2 Å². The quantitative estimate of drug-likeness (QED) is 0.273. The lowest BCUT2D eigenvalue weighted by Crippen LogP contribution is -2.43. The number of fused-ring (bicyclic) bond motifs is 1. The summed E-state index contributed by atoms with van der Waals surface area (Å²) in [6.07, 6.45) is 5.15. The first-order valence-electron chi connectivity index (χ1n) is 13.4. The normalized spacial score (nSPS) is 16.2. The number of hydrogen-bond acceptors (Lipinski definition) is 5. The number of piperidine rings is 1. The number of rotatable bonds is 9. The Morgan fingerprint density at radius 3 is 2.74 bits per heavy atom. The molecule has 39 heavy (non-hydrogen) atoms. The van der Waals surface area contributed by atoms with E-state index in [0.717, 1.165) is 17.7 Å². The maximum Gasteiger partial charge on any atom is 0.310 e. The zero-order chi connectivity index (χ0) is 27.2. The van der Waals surface area contributed by atoms with Gasteiger partial charge in [0.05, 0.1) is 18.2 Å². The van der Waals surface area contributed by atoms with Gasteiger partial charge in [0.1, 0.15) is 12.4 Å². The molecule has 0 aliphatic carbocycles. The number of halogens is 1. The Hall–Kier alpha value is -4.20. The highest BCUT2D eigenvalue weighted by Crippen LogP contribution is 2.33. The fourth-order valence-corrected chi connectivity index (χ4v) is 5.19. The number of hydrogen-bond donors (Lipinski definition) is 0. The van der Waals surface area contributed by atoms with Gasteiger partial charge in [-0.25, -0.2) is 9.37 Å². The van der Waals surface area contributed by atoms with Gasteiger partial charge in [-0.2, -0.15) is 0 Å². The molecular formula is C31H32FN3O4. The number of carbonyl (C=O) groups is 2. The SMILES string of the molecule is CCOC(=O)C1CCCN(C(=O)CC(c2cccc(F)c2)c2cnc3c(OCc4ccccc4)cccn23)C1. The zero-order valence-electron chi connectivity index (χ0n) is 22.0. The molecule has 0 saturated carbocycles. The number of amides is 1. The molecule has 5 rings (SSSR count). The minimum absolute atomic E-state index is 0.0929. The van der Waals surface area contributed by atoms with Crippen LogP contribution in [0.4, 0.5) is 4.39 Å². The molecule has 2 unspecified atom stereocenters. The lowest BCUT2D eigenvalue weighted by Gasteiger charge is -2.32. The van der Waals surface area contributed by atoms with Crippen LogP contribution in [0.5, 0.6) is 5.75 Å². The average molecular weight is 530 g/mol. The van der Waals surface area contributed by atoms with E-state index in [1.54, 1.807) is 24.1 Å². The van der Waals surface area contributed by atoms with Gasteiger partial charge >= 0.3 is 5.97 Å². The van der Waals surface area contributed by atoms with Gasteiger partial charge in [-0.3, -0.25) is 9.59 Å². The van der Waals surface area contributed by atoms with Crippen LogP contribution in [0.3, 0.4) is 0 Å². The zero-order valence-corrected chi connectivity index (χ0v) is 22.0. The van der Waals surface area contributed by atoms with Crippen LogP contribution in [0.2, 0.25) is 0 Å². The van der Waals surface area contributed by atoms with E-state index in [-0.39, 0.29) is 30.0 Å². The number of nitrogens with zero attached hydrogens (tertiary/aromatic N) is 3. The fourth-order valence-electron chi connectivity index (χ4n) is 5.19. The van der Waals surface area contributed by atoms with E-state index in [0.29, 0.717) is 49.7 Å². The van der Waals surface area contributed by atoms with E-state index in [4.69, 9.17) is 9.47 Å². The molecule has 1 amide bonds. The number of likely N-dealkylation sites (tertiary alicyclic amines) is 1. The van der Waals surface area contributed by atoms with Gasteiger partial charge in [0.25, 0.3) is 0 Å². The molecule has 3 heterocycles. The highest BCUT2D eigenvalue weighted by Gasteiger charge is 2.31. The maximum atomic E-state index is 14.3. The Morgan fingerprint density at radius 1 is 1.10 bits per heavy atom. The van der Waals surface area contributed by atoms with Crippen LogP contribution >= 0.6 is 0 Å². The number of aromatic nitrogens is 2. The van der Waals surface area contributed by atoms with Crippen molar-refractivity contribution < 1.29 is 23.5 Å². The van der Waals surface area contributed by atoms with Crippen molar-refractivity contribution >= 4 is 17.5 Å². The molecule has 1 aliphatic rings. The number of imidazole rings is 1. The Morgan fingerprint density at radius 2 is 1.95 bits per heavy atom. The molecule has 0 spiro atoms. The summed E-state index contributed by atoms with van der Waals surface area (Å²) in [6, 6.07) is 19.9. The van der Waals surface area contributed by atoms with Crippen LogP contribution in [-0.4, -0.2) is 45.9 Å². The fraction of sp³-hybridized carbons (Fsp3) is 0.323. The molecule has 0 radical (unpaired) electrons. The van der Waals surface area contributed by atoms with Crippen LogP contribution in [0, 0.1) is 11.7 Å². The number of carbonyl (C=O) groups excluding carboxylic acids is 2. The number of esters is 1. The summed E-state index contributed by atoms with van der Waals surface area (Å²) < 4.78 is 27.5. The van der Waals surface area contributed by atoms with Crippen LogP contribution < -0.4 is 4.74 Å². The van der Waals surface area contributed by atoms with Gasteiger partial charge in [-0.15, -0.1) is 0 Å². The van der Waals surface area contributed by atoms with Crippen molar-refractivity contribution in [3.8, 4) is 5.75 Å². The number of ether oxygens (including phenoxy) is 2. The highest BCUT2D eigenvalue weighted by molar-refractivity contribution is 5.79. The molecule has 202 valence electrons. The Bertz CT molecular complexity index is 1440. The first kappa shape index (κ1) is 26.4. The summed E-state index contributed by atoms with van der Waals surface area (Å²) in [5.41, 5.74) is 3.10. The van der Waals surface area contributed by atoms with E-state index >= 15 is 0 Å². The predicted octanol–water partition coefficient (Wildman–Crippen LogP) is 5.38. The maximum absolute atomic E-state index is 14.3. The molecule has 1 fully saturated rings. The second-order valence-electron chi connectivity index (χ2n) is 9.77. The second kappa shape index (κ2) is 12.1. The summed E-state index contributed by atoms with van der Waals surface area (Å²) in [7, 11) is 0. The van der Waals surface area contributed by atoms with Crippen molar-refractivity contribution in [2.75, 3.05) is 19.7 Å². The molecule has 2 atom stereocenters. The van der Waals surface area contributed by atoms with E-state index in [1.165, 1.54) is 12.1 Å². The minimum atomic E-state index is -0.449. The highest BCUT2D eigenvalue weighted by atomic mass is 19.1. The minimum Gasteiger partial charge on any atom is -0.485 e. The van der Waals surface area contributed by atoms with Crippen LogP contribution in [0.25, 0.3) is 5.65 Å². The van der Waals surface area contributed by atoms with E-state index in [9.17, 15) is 14.0 Å². The van der Waals surface area contributed by atoms with Crippen LogP contribution in [-0.2, 0) is 20.9 Å². The average Bonchev–Trinajstić information content (AvgIpc) is 3.40. The molecular weight excluding hydrogens is 497 g/mol. The summed E-state index contributed by atoms with van der Waals surface area (Å²) >= 11 is 0. The molecule has 8 heteroatoms. The monoisotopic (exact) mass is 529 g/mol. The molecule has 1 aliphatic heterocycles. The summed E-state index contributed by atoms with van der Waals surface area (Å²) in [4.78, 5) is 32.3. The predicted molar refractivity (Wildman–Crippen MR) is 145 cm³/mol. The topological polar surface area (TPSA) is 73.1 Å². The molecule has 0 bridgehead atoms. The van der Waals surface area contributed by atoms with Crippen molar-refractivity contribution in [1.82, 2.24) is 14.3 Å². The van der Waals surface area contributed by atoms with Gasteiger partial charge < -0.3 is 18.8 Å². The van der Waals surface area contributed by atoms with Gasteiger partial charge in [-0.1, -0.05) is 42.5 Å². The molecule has 2 aromatic heterocycles. The van der Waals surface area contributed by atoms with Gasteiger partial charge in [0.15, 0.2) is 11.4 Å². The van der Waals surface area contributed by atoms with Crippen LogP contribution in [0.1, 0.15) is 48.9 Å². The van der Waals surface area contributed by atoms with Crippen molar-refractivity contribution in [2.45, 2.75) is 38.7 Å². The Balaban J connectivity index is 1.42. The van der Waals surface area contributed by atoms with E-state index < -0.39 is 5.92 Å². The van der Waals surface area contributed by atoms with Crippen molar-refractivity contribution in [3.05, 3.63) is 102 Å². The molecule has 0 N–H and O–H groups in total. The Kier molecular flexibility index (Phi) is 8.20. The summed E-state index contributed by atoms with van der Waals surface area (Å²) in [5, 5.41) is 0. The van der Waals surface area contributed by atoms with Crippen molar-refractivity contribution in [3.63, 3.8) is 0 Å². The molecule has 2 aromatic carbocycles. The number of pyridine rings is 1. The van der Waals surface area contributed by atoms with Gasteiger partial charge in [0.2, 0.25) is 5.91 Å². The van der Waals surface area contributed by atoms with Crippen LogP contribution in [0.15, 0.2) is 79.1 Å². The third kappa shape index (κ3) is 6.11. The van der Waals surface area contributed by atoms with Gasteiger partial charge in [0, 0.05) is 37.8 Å². The third-order valence-corrected chi connectivity index (χ3v) is 7.15. The van der Waals surface area contributed by atoms with E-state index in [1.807, 2.05) is 59.1 Å². The molecule has 4 aromatic rings. The largest absolute Gasteiger partial charge is 0.485 e. The lowest BCUT2D eigenvalue weighted by molar-refractivity contribution is -0.151. The number of benzene rings is 2. The lowest BCUT2D eigenvalue weighted by atomic mass is 9.91. The molecule has 7 nitrogen and oxygen atoms in total. The first-order valence-corrected chi connectivity index (χ1v) is 13.4. The molecule has 1 saturated heterocycles. The first-order chi connectivity index (χ1) is 19.0. The smallest absolute Gasteiger partial charge is 0.310 e. The third-order valence-electron chi connectivity index (χ3n) is 7.15. The summed E-state index contributed by atoms with van der Waals surface area (Å²) in [6.45, 7) is 3.40.